The van der Waals surface area contributed by atoms with Gasteiger partial charge in [-0.1, -0.05) is 12.1 Å². The summed E-state index contributed by atoms with van der Waals surface area (Å²) < 4.78 is 1.04. The standard InChI is InChI=1S/C13H13BrN2OS/c14-11-5-12(18-8-11)7-16-13(17)10-3-1-2-9(4-10)6-15/h1-5,8H,6-7,15H2,(H,16,17). The lowest BCUT2D eigenvalue weighted by molar-refractivity contribution is 0.0951. The van der Waals surface area contributed by atoms with Gasteiger partial charge in [0.2, 0.25) is 0 Å². The van der Waals surface area contributed by atoms with E-state index in [9.17, 15) is 4.79 Å². The Morgan fingerprint density at radius 2 is 2.22 bits per heavy atom. The highest BCUT2D eigenvalue weighted by Crippen LogP contribution is 2.19. The van der Waals surface area contributed by atoms with Crippen LogP contribution in [0.4, 0.5) is 0 Å². The average Bonchev–Trinajstić information content (AvgIpc) is 2.82. The smallest absolute Gasteiger partial charge is 0.251 e. The topological polar surface area (TPSA) is 55.1 Å². The first kappa shape index (κ1) is 13.3. The van der Waals surface area contributed by atoms with Crippen molar-refractivity contribution in [3.8, 4) is 0 Å². The van der Waals surface area contributed by atoms with Crippen molar-refractivity contribution in [2.45, 2.75) is 13.1 Å². The van der Waals surface area contributed by atoms with Crippen LogP contribution in [0.1, 0.15) is 20.8 Å². The number of rotatable bonds is 4. The van der Waals surface area contributed by atoms with Crippen molar-refractivity contribution in [2.24, 2.45) is 5.73 Å². The largest absolute Gasteiger partial charge is 0.347 e. The monoisotopic (exact) mass is 324 g/mol. The number of halogens is 1. The van der Waals surface area contributed by atoms with Crippen LogP contribution in [-0.2, 0) is 13.1 Å². The van der Waals surface area contributed by atoms with Gasteiger partial charge in [-0.25, -0.2) is 0 Å². The van der Waals surface area contributed by atoms with Crippen LogP contribution in [0.25, 0.3) is 0 Å². The maximum absolute atomic E-state index is 11.9. The Kier molecular flexibility index (Phi) is 4.52. The summed E-state index contributed by atoms with van der Waals surface area (Å²) in [6, 6.07) is 9.37. The van der Waals surface area contributed by atoms with E-state index in [0.717, 1.165) is 14.9 Å². The van der Waals surface area contributed by atoms with Gasteiger partial charge in [0.15, 0.2) is 0 Å². The molecule has 2 rings (SSSR count). The molecule has 1 aromatic carbocycles. The van der Waals surface area contributed by atoms with Gasteiger partial charge in [-0.2, -0.15) is 0 Å². The summed E-state index contributed by atoms with van der Waals surface area (Å²) in [5.74, 6) is -0.0742. The molecule has 1 aromatic heterocycles. The second kappa shape index (κ2) is 6.13. The molecule has 3 N–H and O–H groups in total. The summed E-state index contributed by atoms with van der Waals surface area (Å²) in [6.45, 7) is 0.987. The highest BCUT2D eigenvalue weighted by Gasteiger charge is 2.06. The minimum atomic E-state index is -0.0742. The van der Waals surface area contributed by atoms with Gasteiger partial charge < -0.3 is 11.1 Å². The summed E-state index contributed by atoms with van der Waals surface area (Å²) >= 11 is 5.00. The predicted octanol–water partition coefficient (Wildman–Crippen LogP) is 2.90. The zero-order chi connectivity index (χ0) is 13.0. The molecule has 0 fully saturated rings. The molecule has 5 heteroatoms. The molecule has 1 amide bonds. The fourth-order valence-electron chi connectivity index (χ4n) is 1.56. The first-order valence-electron chi connectivity index (χ1n) is 5.49. The third-order valence-electron chi connectivity index (χ3n) is 2.47. The van der Waals surface area contributed by atoms with Crippen molar-refractivity contribution in [2.75, 3.05) is 0 Å². The summed E-state index contributed by atoms with van der Waals surface area (Å²) in [5.41, 5.74) is 7.16. The highest BCUT2D eigenvalue weighted by atomic mass is 79.9. The minimum absolute atomic E-state index is 0.0742. The van der Waals surface area contributed by atoms with E-state index in [-0.39, 0.29) is 5.91 Å². The van der Waals surface area contributed by atoms with Crippen molar-refractivity contribution in [1.82, 2.24) is 5.32 Å². The zero-order valence-electron chi connectivity index (χ0n) is 9.65. The minimum Gasteiger partial charge on any atom is -0.347 e. The van der Waals surface area contributed by atoms with Gasteiger partial charge >= 0.3 is 0 Å². The van der Waals surface area contributed by atoms with Crippen LogP contribution in [0.15, 0.2) is 40.2 Å². The van der Waals surface area contributed by atoms with Crippen LogP contribution in [0, 0.1) is 0 Å². The highest BCUT2D eigenvalue weighted by molar-refractivity contribution is 9.10. The third kappa shape index (κ3) is 3.41. The Labute approximate surface area is 118 Å². The molecule has 0 aliphatic heterocycles. The second-order valence-electron chi connectivity index (χ2n) is 3.82. The molecule has 3 nitrogen and oxygen atoms in total. The van der Waals surface area contributed by atoms with Gasteiger partial charge in [0.05, 0.1) is 6.54 Å². The molecule has 0 saturated heterocycles. The molecule has 18 heavy (non-hydrogen) atoms. The maximum Gasteiger partial charge on any atom is 0.251 e. The molecule has 0 radical (unpaired) electrons. The molecule has 0 atom stereocenters. The number of benzene rings is 1. The van der Waals surface area contributed by atoms with Crippen molar-refractivity contribution in [3.63, 3.8) is 0 Å². The summed E-state index contributed by atoms with van der Waals surface area (Å²) in [6.07, 6.45) is 0. The molecule has 0 bridgehead atoms. The van der Waals surface area contributed by atoms with Crippen molar-refractivity contribution in [3.05, 3.63) is 56.2 Å². The van der Waals surface area contributed by atoms with Crippen LogP contribution in [-0.4, -0.2) is 5.91 Å². The maximum atomic E-state index is 11.9. The lowest BCUT2D eigenvalue weighted by atomic mass is 10.1. The van der Waals surface area contributed by atoms with E-state index < -0.39 is 0 Å². The van der Waals surface area contributed by atoms with Gasteiger partial charge in [0.25, 0.3) is 5.91 Å². The fraction of sp³-hybridized carbons (Fsp3) is 0.154. The van der Waals surface area contributed by atoms with Crippen LogP contribution in [0.3, 0.4) is 0 Å². The Morgan fingerprint density at radius 3 is 2.89 bits per heavy atom. The van der Waals surface area contributed by atoms with Gasteiger partial charge in [0, 0.05) is 26.8 Å². The van der Waals surface area contributed by atoms with E-state index in [1.54, 1.807) is 17.4 Å². The molecular weight excluding hydrogens is 312 g/mol. The molecule has 2 aromatic rings. The first-order valence-corrected chi connectivity index (χ1v) is 7.16. The third-order valence-corrected chi connectivity index (χ3v) is 4.17. The summed E-state index contributed by atoms with van der Waals surface area (Å²) in [7, 11) is 0. The molecule has 1 heterocycles. The second-order valence-corrected chi connectivity index (χ2v) is 5.73. The first-order chi connectivity index (χ1) is 8.69. The molecule has 94 valence electrons. The molecule has 0 aliphatic carbocycles. The lowest BCUT2D eigenvalue weighted by Gasteiger charge is -2.05. The van der Waals surface area contributed by atoms with E-state index in [0.29, 0.717) is 18.7 Å². The van der Waals surface area contributed by atoms with Gasteiger partial charge in [-0.05, 0) is 39.7 Å². The average molecular weight is 325 g/mol. The van der Waals surface area contributed by atoms with Gasteiger partial charge in [-0.3, -0.25) is 4.79 Å². The van der Waals surface area contributed by atoms with Crippen molar-refractivity contribution < 1.29 is 4.79 Å². The number of carbonyl (C=O) groups excluding carboxylic acids is 1. The Hall–Kier alpha value is -1.17. The normalized spacial score (nSPS) is 10.3. The van der Waals surface area contributed by atoms with Gasteiger partial charge in [-0.15, -0.1) is 11.3 Å². The van der Waals surface area contributed by atoms with Crippen LogP contribution >= 0.6 is 27.3 Å². The van der Waals surface area contributed by atoms with E-state index >= 15 is 0 Å². The molecular formula is C13H13BrN2OS. The molecule has 0 saturated carbocycles. The van der Waals surface area contributed by atoms with E-state index in [1.165, 1.54) is 0 Å². The number of nitrogens with one attached hydrogen (secondary N) is 1. The Morgan fingerprint density at radius 1 is 1.39 bits per heavy atom. The number of nitrogens with two attached hydrogens (primary N) is 1. The quantitative estimate of drug-likeness (QED) is 0.908. The van der Waals surface area contributed by atoms with Crippen molar-refractivity contribution >= 4 is 33.2 Å². The van der Waals surface area contributed by atoms with Crippen LogP contribution in [0.5, 0.6) is 0 Å². The fourth-order valence-corrected chi connectivity index (χ4v) is 2.95. The van der Waals surface area contributed by atoms with Crippen LogP contribution in [0.2, 0.25) is 0 Å². The van der Waals surface area contributed by atoms with E-state index in [4.69, 9.17) is 5.73 Å². The number of thiophene rings is 1. The van der Waals surface area contributed by atoms with Crippen molar-refractivity contribution in [1.29, 1.82) is 0 Å². The van der Waals surface area contributed by atoms with Gasteiger partial charge in [0.1, 0.15) is 0 Å². The molecule has 0 aliphatic rings. The van der Waals surface area contributed by atoms with Crippen LogP contribution < -0.4 is 11.1 Å². The Balaban J connectivity index is 1.99. The molecule has 0 spiro atoms. The SMILES string of the molecule is NCc1cccc(C(=O)NCc2cc(Br)cs2)c1. The number of amides is 1. The summed E-state index contributed by atoms with van der Waals surface area (Å²) in [4.78, 5) is 13.0. The lowest BCUT2D eigenvalue weighted by Crippen LogP contribution is -2.22. The summed E-state index contributed by atoms with van der Waals surface area (Å²) in [5, 5.41) is 4.89. The predicted molar refractivity (Wildman–Crippen MR) is 77.5 cm³/mol. The Bertz CT molecular complexity index is 553. The number of carbonyl (C=O) groups is 1. The van der Waals surface area contributed by atoms with E-state index in [2.05, 4.69) is 21.2 Å². The number of hydrogen-bond acceptors (Lipinski definition) is 3. The molecule has 0 unspecified atom stereocenters. The number of hydrogen-bond donors (Lipinski definition) is 2. The zero-order valence-corrected chi connectivity index (χ0v) is 12.1. The van der Waals surface area contributed by atoms with E-state index in [1.807, 2.05) is 29.6 Å².